The molecule has 3 heterocycles. The molecular weight excluding hydrogens is 352 g/mol. The highest BCUT2D eigenvalue weighted by Crippen LogP contribution is 2.39. The van der Waals surface area contributed by atoms with E-state index in [0.717, 1.165) is 21.9 Å². The molecule has 0 unspecified atom stereocenters. The third-order valence-electron chi connectivity index (χ3n) is 3.53. The van der Waals surface area contributed by atoms with Gasteiger partial charge in [0.15, 0.2) is 5.76 Å². The molecule has 3 aromatic rings. The van der Waals surface area contributed by atoms with E-state index < -0.39 is 10.0 Å². The number of aromatic nitrogens is 1. The number of thiophene rings is 1. The fourth-order valence-corrected chi connectivity index (χ4v) is 6.38. The van der Waals surface area contributed by atoms with Gasteiger partial charge in [0.25, 0.3) is 10.0 Å². The maximum Gasteiger partial charge on any atom is 0.273 e. The van der Waals surface area contributed by atoms with Gasteiger partial charge in [-0.25, -0.2) is 8.42 Å². The second kappa shape index (κ2) is 5.70. The zero-order valence-corrected chi connectivity index (χ0v) is 14.3. The summed E-state index contributed by atoms with van der Waals surface area (Å²) in [5.41, 5.74) is 1.48. The molecule has 0 spiro atoms. The SMILES string of the molecule is O=S(=O)(c1cc(-c2ccno2)cs1)N1CCSc2ccccc21. The van der Waals surface area contributed by atoms with Gasteiger partial charge in [-0.15, -0.1) is 23.1 Å². The molecule has 1 aromatic carbocycles. The number of nitrogens with zero attached hydrogens (tertiary/aromatic N) is 2. The minimum Gasteiger partial charge on any atom is -0.356 e. The summed E-state index contributed by atoms with van der Waals surface area (Å²) in [4.78, 5) is 0.995. The van der Waals surface area contributed by atoms with Crippen LogP contribution in [0, 0.1) is 0 Å². The summed E-state index contributed by atoms with van der Waals surface area (Å²) >= 11 is 2.88. The van der Waals surface area contributed by atoms with E-state index in [0.29, 0.717) is 16.5 Å². The van der Waals surface area contributed by atoms with Crippen molar-refractivity contribution in [2.24, 2.45) is 0 Å². The number of thioether (sulfide) groups is 1. The fourth-order valence-electron chi connectivity index (χ4n) is 2.45. The summed E-state index contributed by atoms with van der Waals surface area (Å²) in [6.45, 7) is 0.472. The topological polar surface area (TPSA) is 63.4 Å². The number of sulfonamides is 1. The van der Waals surface area contributed by atoms with Gasteiger partial charge in [-0.3, -0.25) is 4.31 Å². The third kappa shape index (κ3) is 2.56. The highest BCUT2D eigenvalue weighted by Gasteiger charge is 2.30. The molecule has 0 saturated carbocycles. The first-order chi connectivity index (χ1) is 11.2. The van der Waals surface area contributed by atoms with Crippen LogP contribution in [0.1, 0.15) is 0 Å². The Hall–Kier alpha value is -1.77. The van der Waals surface area contributed by atoms with Gasteiger partial charge in [-0.2, -0.15) is 0 Å². The van der Waals surface area contributed by atoms with Crippen molar-refractivity contribution >= 4 is 38.8 Å². The highest BCUT2D eigenvalue weighted by atomic mass is 32.2. The number of anilines is 1. The van der Waals surface area contributed by atoms with Crippen LogP contribution in [0.4, 0.5) is 5.69 Å². The van der Waals surface area contributed by atoms with Crippen molar-refractivity contribution in [1.82, 2.24) is 5.16 Å². The minimum atomic E-state index is -3.57. The summed E-state index contributed by atoms with van der Waals surface area (Å²) in [6.07, 6.45) is 1.54. The van der Waals surface area contributed by atoms with Gasteiger partial charge in [0.05, 0.1) is 11.9 Å². The first-order valence-electron chi connectivity index (χ1n) is 6.90. The summed E-state index contributed by atoms with van der Waals surface area (Å²) in [5, 5.41) is 5.43. The third-order valence-corrected chi connectivity index (χ3v) is 7.80. The number of rotatable bonds is 3. The van der Waals surface area contributed by atoms with Crippen LogP contribution in [0.5, 0.6) is 0 Å². The zero-order valence-electron chi connectivity index (χ0n) is 11.9. The molecule has 0 atom stereocenters. The molecule has 0 amide bonds. The zero-order chi connectivity index (χ0) is 15.9. The molecule has 4 rings (SSSR count). The molecule has 0 bridgehead atoms. The van der Waals surface area contributed by atoms with Crippen molar-refractivity contribution in [3.05, 3.63) is 48.0 Å². The van der Waals surface area contributed by atoms with E-state index in [1.165, 1.54) is 15.6 Å². The molecule has 2 aromatic heterocycles. The fraction of sp³-hybridized carbons (Fsp3) is 0.133. The first-order valence-corrected chi connectivity index (χ1v) is 10.2. The number of fused-ring (bicyclic) bond motifs is 1. The normalized spacial score (nSPS) is 14.7. The Morgan fingerprint density at radius 1 is 1.22 bits per heavy atom. The van der Waals surface area contributed by atoms with Crippen molar-refractivity contribution in [2.75, 3.05) is 16.6 Å². The van der Waals surface area contributed by atoms with E-state index in [4.69, 9.17) is 4.52 Å². The molecule has 23 heavy (non-hydrogen) atoms. The molecular formula is C15H12N2O3S3. The largest absolute Gasteiger partial charge is 0.356 e. The monoisotopic (exact) mass is 364 g/mol. The standard InChI is InChI=1S/C15H12N2O3S3/c18-23(19,15-9-11(10-22-15)13-5-6-16-20-13)17-7-8-21-14-4-2-1-3-12(14)17/h1-6,9-10H,7-8H2. The van der Waals surface area contributed by atoms with Gasteiger partial charge in [-0.05, 0) is 18.2 Å². The van der Waals surface area contributed by atoms with E-state index in [2.05, 4.69) is 5.16 Å². The van der Waals surface area contributed by atoms with E-state index in [1.807, 2.05) is 24.3 Å². The van der Waals surface area contributed by atoms with E-state index in [9.17, 15) is 8.42 Å². The second-order valence-corrected chi connectivity index (χ2v) is 9.06. The summed E-state index contributed by atoms with van der Waals surface area (Å²) in [7, 11) is -3.57. The number of para-hydroxylation sites is 1. The Morgan fingerprint density at radius 2 is 2.09 bits per heavy atom. The van der Waals surface area contributed by atoms with Crippen LogP contribution in [0.25, 0.3) is 11.3 Å². The lowest BCUT2D eigenvalue weighted by Crippen LogP contribution is -2.34. The maximum atomic E-state index is 13.0. The highest BCUT2D eigenvalue weighted by molar-refractivity contribution is 8.00. The molecule has 118 valence electrons. The molecule has 0 aliphatic carbocycles. The van der Waals surface area contributed by atoms with E-state index >= 15 is 0 Å². The second-order valence-electron chi connectivity index (χ2n) is 4.92. The average molecular weight is 364 g/mol. The molecule has 8 heteroatoms. The van der Waals surface area contributed by atoms with Crippen molar-refractivity contribution in [2.45, 2.75) is 9.10 Å². The van der Waals surface area contributed by atoms with Gasteiger partial charge in [0.1, 0.15) is 4.21 Å². The number of hydrogen-bond donors (Lipinski definition) is 0. The molecule has 0 N–H and O–H groups in total. The maximum absolute atomic E-state index is 13.0. The van der Waals surface area contributed by atoms with E-state index in [1.54, 1.807) is 35.5 Å². The predicted octanol–water partition coefficient (Wildman–Crippen LogP) is 3.70. The summed E-state index contributed by atoms with van der Waals surface area (Å²) < 4.78 is 32.9. The Bertz CT molecular complexity index is 933. The van der Waals surface area contributed by atoms with Crippen LogP contribution >= 0.6 is 23.1 Å². The van der Waals surface area contributed by atoms with Crippen molar-refractivity contribution < 1.29 is 12.9 Å². The van der Waals surface area contributed by atoms with Crippen LogP contribution in [-0.2, 0) is 10.0 Å². The first kappa shape index (κ1) is 14.8. The molecule has 5 nitrogen and oxygen atoms in total. The van der Waals surface area contributed by atoms with Crippen LogP contribution in [-0.4, -0.2) is 25.9 Å². The molecule has 0 fully saturated rings. The Balaban J connectivity index is 1.75. The van der Waals surface area contributed by atoms with Crippen LogP contribution < -0.4 is 4.31 Å². The summed E-state index contributed by atoms with van der Waals surface area (Å²) in [5.74, 6) is 1.31. The lowest BCUT2D eigenvalue weighted by Gasteiger charge is -2.29. The Kier molecular flexibility index (Phi) is 3.67. The molecule has 1 aliphatic heterocycles. The van der Waals surface area contributed by atoms with Gasteiger partial charge in [0.2, 0.25) is 0 Å². The van der Waals surface area contributed by atoms with Crippen LogP contribution in [0.3, 0.4) is 0 Å². The molecule has 0 radical (unpaired) electrons. The van der Waals surface area contributed by atoms with Crippen molar-refractivity contribution in [3.63, 3.8) is 0 Å². The van der Waals surface area contributed by atoms with Gasteiger partial charge >= 0.3 is 0 Å². The lowest BCUT2D eigenvalue weighted by molar-refractivity contribution is 0.432. The van der Waals surface area contributed by atoms with Crippen LogP contribution in [0.15, 0.2) is 61.6 Å². The Morgan fingerprint density at radius 3 is 2.91 bits per heavy atom. The smallest absolute Gasteiger partial charge is 0.273 e. The van der Waals surface area contributed by atoms with Crippen LogP contribution in [0.2, 0.25) is 0 Å². The summed E-state index contributed by atoms with van der Waals surface area (Å²) in [6, 6.07) is 11.0. The quantitative estimate of drug-likeness (QED) is 0.709. The molecule has 1 aliphatic rings. The lowest BCUT2D eigenvalue weighted by atomic mass is 10.3. The van der Waals surface area contributed by atoms with Crippen molar-refractivity contribution in [3.8, 4) is 11.3 Å². The van der Waals surface area contributed by atoms with Crippen molar-refractivity contribution in [1.29, 1.82) is 0 Å². The average Bonchev–Trinajstić information content (AvgIpc) is 3.25. The number of benzene rings is 1. The van der Waals surface area contributed by atoms with Gasteiger partial charge < -0.3 is 4.52 Å². The van der Waals surface area contributed by atoms with E-state index in [-0.39, 0.29) is 0 Å². The predicted molar refractivity (Wildman–Crippen MR) is 91.5 cm³/mol. The minimum absolute atomic E-state index is 0.311. The Labute approximate surface area is 142 Å². The number of hydrogen-bond acceptors (Lipinski definition) is 6. The molecule has 0 saturated heterocycles. The van der Waals surface area contributed by atoms with Gasteiger partial charge in [-0.1, -0.05) is 17.3 Å². The van der Waals surface area contributed by atoms with Gasteiger partial charge in [0, 0.05) is 34.2 Å².